The normalized spacial score (nSPS) is 13.4. The van der Waals surface area contributed by atoms with Gasteiger partial charge in [-0.2, -0.15) is 0 Å². The summed E-state index contributed by atoms with van der Waals surface area (Å²) >= 11 is 5.23. The third-order valence-corrected chi connectivity index (χ3v) is 3.49. The Bertz CT molecular complexity index is 631. The smallest absolute Gasteiger partial charge is 0.409 e. The first-order chi connectivity index (χ1) is 9.70. The zero-order valence-corrected chi connectivity index (χ0v) is 12.9. The molecular weight excluding hydrogens is 309 g/mol. The second kappa shape index (κ2) is 6.94. The molecule has 1 aliphatic heterocycles. The molecule has 0 unspecified atom stereocenters. The lowest BCUT2D eigenvalue weighted by Gasteiger charge is -2.14. The van der Waals surface area contributed by atoms with Gasteiger partial charge in [-0.05, 0) is 28.8 Å². The monoisotopic (exact) mass is 323 g/mol. The van der Waals surface area contributed by atoms with Crippen molar-refractivity contribution in [2.45, 2.75) is 19.6 Å². The van der Waals surface area contributed by atoms with Crippen LogP contribution >= 0.6 is 24.0 Å². The van der Waals surface area contributed by atoms with E-state index in [2.05, 4.69) is 29.2 Å². The molecule has 2 aromatic carbocycles. The van der Waals surface area contributed by atoms with Crippen molar-refractivity contribution in [2.24, 2.45) is 0 Å². The highest BCUT2D eigenvalue weighted by Crippen LogP contribution is 2.28. The number of hydrogen-bond donors (Lipinski definition) is 0. The number of halogens is 2. The maximum absolute atomic E-state index is 10.8. The molecule has 2 aromatic rings. The number of hydrogen-bond acceptors (Lipinski definition) is 3. The van der Waals surface area contributed by atoms with E-state index in [1.165, 1.54) is 16.7 Å². The van der Waals surface area contributed by atoms with E-state index in [1.807, 2.05) is 18.2 Å². The van der Waals surface area contributed by atoms with Crippen LogP contribution in [0.25, 0.3) is 0 Å². The Hall–Kier alpha value is -1.55. The van der Waals surface area contributed by atoms with Crippen molar-refractivity contribution in [2.75, 3.05) is 0 Å². The van der Waals surface area contributed by atoms with Gasteiger partial charge in [-0.15, -0.1) is 12.4 Å². The van der Waals surface area contributed by atoms with E-state index in [0.29, 0.717) is 5.75 Å². The predicted molar refractivity (Wildman–Crippen MR) is 85.0 cm³/mol. The molecule has 110 valence electrons. The van der Waals surface area contributed by atoms with Crippen molar-refractivity contribution in [3.8, 4) is 5.75 Å². The largest absolute Gasteiger partial charge is 0.414 e. The molecule has 5 heteroatoms. The summed E-state index contributed by atoms with van der Waals surface area (Å²) in [5, 5.41) is 0. The van der Waals surface area contributed by atoms with Gasteiger partial charge < -0.3 is 4.74 Å². The summed E-state index contributed by atoms with van der Waals surface area (Å²) in [5.41, 5.74) is 2.96. The molecule has 0 amide bonds. The highest BCUT2D eigenvalue weighted by Gasteiger charge is 2.19. The van der Waals surface area contributed by atoms with Gasteiger partial charge >= 0.3 is 5.43 Å². The van der Waals surface area contributed by atoms with Gasteiger partial charge in [-0.25, -0.2) is 4.79 Å². The average molecular weight is 324 g/mol. The number of ether oxygens (including phenoxy) is 1. The molecule has 0 saturated heterocycles. The Morgan fingerprint density at radius 3 is 2.52 bits per heavy atom. The zero-order chi connectivity index (χ0) is 13.9. The minimum Gasteiger partial charge on any atom is -0.414 e. The first-order valence-corrected chi connectivity index (χ1v) is 6.84. The van der Waals surface area contributed by atoms with Crippen molar-refractivity contribution < 1.29 is 9.53 Å². The van der Waals surface area contributed by atoms with Gasteiger partial charge in [0.15, 0.2) is 0 Å². The lowest BCUT2D eigenvalue weighted by Crippen LogP contribution is -2.15. The summed E-state index contributed by atoms with van der Waals surface area (Å²) in [6.45, 7) is 2.69. The Balaban J connectivity index is 0.00000161. The van der Waals surface area contributed by atoms with Crippen molar-refractivity contribution in [1.82, 2.24) is 4.90 Å². The highest BCUT2D eigenvalue weighted by molar-refractivity contribution is 6.61. The van der Waals surface area contributed by atoms with Crippen LogP contribution in [0, 0.1) is 0 Å². The van der Waals surface area contributed by atoms with Crippen molar-refractivity contribution in [3.63, 3.8) is 0 Å². The van der Waals surface area contributed by atoms with E-state index in [4.69, 9.17) is 16.3 Å². The van der Waals surface area contributed by atoms with E-state index in [-0.39, 0.29) is 12.4 Å². The fraction of sp³-hybridized carbons (Fsp3) is 0.188. The summed E-state index contributed by atoms with van der Waals surface area (Å²) in [5.74, 6) is 0.505. The predicted octanol–water partition coefficient (Wildman–Crippen LogP) is 4.36. The third-order valence-electron chi connectivity index (χ3n) is 3.41. The number of nitrogens with zero attached hydrogens (tertiary/aromatic N) is 1. The molecule has 1 heterocycles. The Kier molecular flexibility index (Phi) is 5.23. The Morgan fingerprint density at radius 1 is 1.10 bits per heavy atom. The van der Waals surface area contributed by atoms with E-state index in [1.54, 1.807) is 6.07 Å². The van der Waals surface area contributed by atoms with Crippen LogP contribution in [0.1, 0.15) is 16.7 Å². The molecule has 0 bridgehead atoms. The fourth-order valence-corrected chi connectivity index (χ4v) is 2.64. The molecule has 0 N–H and O–H groups in total. The molecule has 0 aromatic heterocycles. The van der Waals surface area contributed by atoms with E-state index >= 15 is 0 Å². The van der Waals surface area contributed by atoms with E-state index in [9.17, 15) is 4.79 Å². The summed E-state index contributed by atoms with van der Waals surface area (Å²) in [4.78, 5) is 13.1. The van der Waals surface area contributed by atoms with Crippen LogP contribution in [-0.2, 0) is 19.6 Å². The third kappa shape index (κ3) is 3.97. The first-order valence-electron chi connectivity index (χ1n) is 6.46. The van der Waals surface area contributed by atoms with E-state index < -0.39 is 5.43 Å². The summed E-state index contributed by atoms with van der Waals surface area (Å²) in [6.07, 6.45) is 0. The van der Waals surface area contributed by atoms with Crippen LogP contribution in [0.2, 0.25) is 0 Å². The van der Waals surface area contributed by atoms with Crippen LogP contribution in [0.3, 0.4) is 0 Å². The second-order valence-electron chi connectivity index (χ2n) is 4.90. The number of fused-ring (bicyclic) bond motifs is 1. The van der Waals surface area contributed by atoms with Crippen LogP contribution in [0.4, 0.5) is 4.79 Å². The van der Waals surface area contributed by atoms with Crippen LogP contribution in [-0.4, -0.2) is 10.3 Å². The van der Waals surface area contributed by atoms with Gasteiger partial charge in [-0.1, -0.05) is 36.4 Å². The molecule has 0 atom stereocenters. The Labute approximate surface area is 134 Å². The van der Waals surface area contributed by atoms with Gasteiger partial charge in [0, 0.05) is 31.2 Å². The molecule has 0 saturated carbocycles. The first kappa shape index (κ1) is 15.8. The van der Waals surface area contributed by atoms with E-state index in [0.717, 1.165) is 19.6 Å². The molecule has 0 fully saturated rings. The molecule has 21 heavy (non-hydrogen) atoms. The SMILES string of the molecule is Cl.O=C(Cl)Oc1ccc2c(c1)CN(Cc1ccccc1)C2. The number of benzene rings is 2. The van der Waals surface area contributed by atoms with Crippen molar-refractivity contribution in [1.29, 1.82) is 0 Å². The maximum Gasteiger partial charge on any atom is 0.409 e. The molecule has 0 spiro atoms. The minimum atomic E-state index is -0.802. The summed E-state index contributed by atoms with van der Waals surface area (Å²) in [7, 11) is 0. The molecule has 3 rings (SSSR count). The van der Waals surface area contributed by atoms with Gasteiger partial charge in [0.05, 0.1) is 0 Å². The van der Waals surface area contributed by atoms with Gasteiger partial charge in [0.1, 0.15) is 5.75 Å². The number of carbonyl (C=O) groups is 1. The molecular formula is C16H15Cl2NO2. The van der Waals surface area contributed by atoms with Crippen LogP contribution < -0.4 is 4.74 Å². The number of rotatable bonds is 3. The highest BCUT2D eigenvalue weighted by atomic mass is 35.5. The van der Waals surface area contributed by atoms with Gasteiger partial charge in [0.2, 0.25) is 0 Å². The Morgan fingerprint density at radius 2 is 1.81 bits per heavy atom. The fourth-order valence-electron chi connectivity index (χ4n) is 2.55. The molecule has 0 radical (unpaired) electrons. The summed E-state index contributed by atoms with van der Waals surface area (Å²) < 4.78 is 4.90. The molecule has 1 aliphatic rings. The quantitative estimate of drug-likeness (QED) is 0.786. The lowest BCUT2D eigenvalue weighted by atomic mass is 10.1. The van der Waals surface area contributed by atoms with Crippen LogP contribution in [0.5, 0.6) is 5.75 Å². The standard InChI is InChI=1S/C16H14ClNO2.ClH/c17-16(19)20-15-7-6-13-10-18(11-14(13)8-15)9-12-4-2-1-3-5-12;/h1-8H,9-11H2;1H. The topological polar surface area (TPSA) is 29.5 Å². The van der Waals surface area contributed by atoms with Gasteiger partial charge in [-0.3, -0.25) is 4.90 Å². The van der Waals surface area contributed by atoms with Crippen LogP contribution in [0.15, 0.2) is 48.5 Å². The molecule has 3 nitrogen and oxygen atoms in total. The minimum absolute atomic E-state index is 0. The zero-order valence-electron chi connectivity index (χ0n) is 11.3. The summed E-state index contributed by atoms with van der Waals surface area (Å²) in [6, 6.07) is 16.1. The average Bonchev–Trinajstić information content (AvgIpc) is 2.80. The van der Waals surface area contributed by atoms with Gasteiger partial charge in [0.25, 0.3) is 0 Å². The van der Waals surface area contributed by atoms with Crippen molar-refractivity contribution in [3.05, 3.63) is 65.2 Å². The number of carbonyl (C=O) groups excluding carboxylic acids is 1. The lowest BCUT2D eigenvalue weighted by molar-refractivity contribution is 0.225. The maximum atomic E-state index is 10.8. The molecule has 0 aliphatic carbocycles. The van der Waals surface area contributed by atoms with Crippen molar-refractivity contribution >= 4 is 29.4 Å². The second-order valence-corrected chi connectivity index (χ2v) is 5.21.